The molecule has 3 nitrogen and oxygen atoms in total. The first kappa shape index (κ1) is 34.8. The van der Waals surface area contributed by atoms with E-state index >= 15 is 0 Å². The first-order valence-electron chi connectivity index (χ1n) is 20.0. The highest BCUT2D eigenvalue weighted by atomic mass is 16.5. The number of rotatable bonds is 8. The summed E-state index contributed by atoms with van der Waals surface area (Å²) in [7, 11) is 1.71. The third-order valence-electron chi connectivity index (χ3n) is 12.5. The molecule has 2 aliphatic rings. The molecule has 0 radical (unpaired) electrons. The molecule has 0 bridgehead atoms. The first-order valence-corrected chi connectivity index (χ1v) is 20.0. The summed E-state index contributed by atoms with van der Waals surface area (Å²) in [4.78, 5) is 5.22. The molecule has 0 spiro atoms. The Bertz CT molecular complexity index is 2740. The smallest absolute Gasteiger partial charge is 0.178 e. The highest BCUT2D eigenvalue weighted by Gasteiger charge is 2.46. The summed E-state index contributed by atoms with van der Waals surface area (Å²) in [5, 5.41) is 2.36. The fourth-order valence-corrected chi connectivity index (χ4v) is 9.54. The predicted molar refractivity (Wildman–Crippen MR) is 235 cm³/mol. The monoisotopic (exact) mass is 737 g/mol. The highest BCUT2D eigenvalue weighted by Crippen LogP contribution is 2.60. The number of aromatic nitrogens is 1. The number of pyridine rings is 1. The van der Waals surface area contributed by atoms with E-state index in [1.54, 1.807) is 7.11 Å². The van der Waals surface area contributed by atoms with Crippen molar-refractivity contribution in [2.45, 2.75) is 37.7 Å². The molecular formula is C54H43NO2. The van der Waals surface area contributed by atoms with E-state index in [4.69, 9.17) is 14.5 Å². The van der Waals surface area contributed by atoms with Crippen LogP contribution in [0, 0.1) is 0 Å². The van der Waals surface area contributed by atoms with Crippen LogP contribution in [0.1, 0.15) is 54.5 Å². The number of benzene rings is 7. The number of hydrogen-bond donors (Lipinski definition) is 0. The van der Waals surface area contributed by atoms with E-state index in [0.29, 0.717) is 0 Å². The Hall–Kier alpha value is -6.71. The molecule has 276 valence electrons. The molecule has 0 amide bonds. The van der Waals surface area contributed by atoms with Gasteiger partial charge in [-0.1, -0.05) is 166 Å². The molecule has 8 aromatic rings. The van der Waals surface area contributed by atoms with Gasteiger partial charge in [0.05, 0.1) is 18.5 Å². The number of methoxy groups -OCH3 is 1. The Morgan fingerprint density at radius 1 is 0.561 bits per heavy atom. The van der Waals surface area contributed by atoms with Gasteiger partial charge in [-0.25, -0.2) is 4.98 Å². The van der Waals surface area contributed by atoms with Crippen molar-refractivity contribution in [3.05, 3.63) is 204 Å². The predicted octanol–water partition coefficient (Wildman–Crippen LogP) is 13.7. The van der Waals surface area contributed by atoms with Crippen molar-refractivity contribution >= 4 is 16.8 Å². The normalized spacial score (nSPS) is 16.1. The third-order valence-corrected chi connectivity index (χ3v) is 12.5. The average molecular weight is 738 g/mol. The summed E-state index contributed by atoms with van der Waals surface area (Å²) in [5.41, 5.74) is 14.0. The van der Waals surface area contributed by atoms with Crippen LogP contribution < -0.4 is 9.47 Å². The molecule has 57 heavy (non-hydrogen) atoms. The van der Waals surface area contributed by atoms with E-state index in [-0.39, 0.29) is 5.41 Å². The van der Waals surface area contributed by atoms with Gasteiger partial charge in [-0.2, -0.15) is 0 Å². The van der Waals surface area contributed by atoms with Crippen LogP contribution in [0.2, 0.25) is 0 Å². The minimum absolute atomic E-state index is 0.116. The van der Waals surface area contributed by atoms with Gasteiger partial charge in [0, 0.05) is 38.6 Å². The van der Waals surface area contributed by atoms with Gasteiger partial charge in [-0.05, 0) is 82.0 Å². The maximum Gasteiger partial charge on any atom is 0.178 e. The Labute approximate surface area is 334 Å². The first-order chi connectivity index (χ1) is 28.1. The van der Waals surface area contributed by atoms with Crippen LogP contribution in [0.25, 0.3) is 61.6 Å². The lowest BCUT2D eigenvalue weighted by Crippen LogP contribution is -2.35. The second kappa shape index (κ2) is 13.8. The molecule has 1 unspecified atom stereocenters. The molecule has 0 saturated heterocycles. The molecule has 7 aromatic carbocycles. The zero-order valence-electron chi connectivity index (χ0n) is 32.5. The van der Waals surface area contributed by atoms with Crippen LogP contribution in [0.5, 0.6) is 11.5 Å². The number of hydrogen-bond acceptors (Lipinski definition) is 3. The fourth-order valence-electron chi connectivity index (χ4n) is 9.54. The molecule has 0 saturated carbocycles. The van der Waals surface area contributed by atoms with E-state index in [0.717, 1.165) is 74.5 Å². The van der Waals surface area contributed by atoms with E-state index in [9.17, 15) is 0 Å². The third kappa shape index (κ3) is 5.44. The van der Waals surface area contributed by atoms with Gasteiger partial charge in [0.2, 0.25) is 0 Å². The van der Waals surface area contributed by atoms with Crippen molar-refractivity contribution in [3.63, 3.8) is 0 Å². The summed E-state index contributed by atoms with van der Waals surface area (Å²) in [6.45, 7) is 4.67. The topological polar surface area (TPSA) is 31.4 Å². The van der Waals surface area contributed by atoms with Gasteiger partial charge in [0.15, 0.2) is 5.60 Å². The SMILES string of the molecule is CCC1(CC)c2ccccc2-c2c1c1c(c3ccccc23)OC(c2ccc(OC)cc2)(c2ccc(-c3cc(-c4ccccc4)cc(-c4ccccc4)n3)cc2)C=C1. The van der Waals surface area contributed by atoms with Crippen molar-refractivity contribution < 1.29 is 9.47 Å². The van der Waals surface area contributed by atoms with Crippen LogP contribution >= 0.6 is 0 Å². The minimum atomic E-state index is -0.907. The van der Waals surface area contributed by atoms with Gasteiger partial charge < -0.3 is 9.47 Å². The summed E-state index contributed by atoms with van der Waals surface area (Å²) >= 11 is 0. The van der Waals surface area contributed by atoms with E-state index in [2.05, 4.69) is 178 Å². The van der Waals surface area contributed by atoms with E-state index in [1.807, 2.05) is 18.2 Å². The molecular weight excluding hydrogens is 695 g/mol. The summed E-state index contributed by atoms with van der Waals surface area (Å²) in [6, 6.07) is 60.3. The highest BCUT2D eigenvalue weighted by molar-refractivity contribution is 6.08. The molecule has 1 aliphatic carbocycles. The van der Waals surface area contributed by atoms with Gasteiger partial charge in [0.25, 0.3) is 0 Å². The summed E-state index contributed by atoms with van der Waals surface area (Å²) in [5.74, 6) is 1.73. The summed E-state index contributed by atoms with van der Waals surface area (Å²) < 4.78 is 13.3. The number of ether oxygens (including phenoxy) is 2. The number of nitrogens with zero attached hydrogens (tertiary/aromatic N) is 1. The van der Waals surface area contributed by atoms with Crippen LogP contribution in [-0.4, -0.2) is 12.1 Å². The standard InChI is InChI=1S/C54H43NO2/c1-4-53(5-2)47-23-15-14-22-45(47)50-43-20-12-13-21-44(43)52-46(51(50)53)32-33-54(57-52,41-28-30-42(56-3)31-29-41)40-26-24-38(25-27-40)49-35-39(36-16-8-6-9-17-36)34-48(55-49)37-18-10-7-11-19-37/h6-35H,4-5H2,1-3H3. The maximum atomic E-state index is 7.64. The van der Waals surface area contributed by atoms with Gasteiger partial charge in [-0.3, -0.25) is 0 Å². The van der Waals surface area contributed by atoms with Crippen LogP contribution in [0.3, 0.4) is 0 Å². The lowest BCUT2D eigenvalue weighted by Gasteiger charge is -2.39. The Balaban J connectivity index is 1.15. The van der Waals surface area contributed by atoms with E-state index in [1.165, 1.54) is 33.2 Å². The maximum absolute atomic E-state index is 7.64. The molecule has 3 heteroatoms. The summed E-state index contributed by atoms with van der Waals surface area (Å²) in [6.07, 6.45) is 6.64. The lowest BCUT2D eigenvalue weighted by atomic mass is 9.71. The van der Waals surface area contributed by atoms with Gasteiger partial charge >= 0.3 is 0 Å². The van der Waals surface area contributed by atoms with Crippen LogP contribution in [-0.2, 0) is 11.0 Å². The zero-order valence-corrected chi connectivity index (χ0v) is 32.5. The zero-order chi connectivity index (χ0) is 38.6. The van der Waals surface area contributed by atoms with Gasteiger partial charge in [-0.15, -0.1) is 0 Å². The van der Waals surface area contributed by atoms with Crippen molar-refractivity contribution in [3.8, 4) is 56.3 Å². The van der Waals surface area contributed by atoms with Crippen molar-refractivity contribution in [1.82, 2.24) is 4.98 Å². The van der Waals surface area contributed by atoms with E-state index < -0.39 is 5.60 Å². The van der Waals surface area contributed by atoms with Crippen molar-refractivity contribution in [2.24, 2.45) is 0 Å². The van der Waals surface area contributed by atoms with Crippen LogP contribution in [0.4, 0.5) is 0 Å². The molecule has 0 N–H and O–H groups in total. The second-order valence-corrected chi connectivity index (χ2v) is 15.2. The Morgan fingerprint density at radius 2 is 1.12 bits per heavy atom. The van der Waals surface area contributed by atoms with Gasteiger partial charge in [0.1, 0.15) is 11.5 Å². The molecule has 10 rings (SSSR count). The van der Waals surface area contributed by atoms with Crippen LogP contribution in [0.15, 0.2) is 176 Å². The fraction of sp³-hybridized carbons (Fsp3) is 0.130. The molecule has 1 atom stereocenters. The largest absolute Gasteiger partial charge is 0.497 e. The molecule has 1 aromatic heterocycles. The Morgan fingerprint density at radius 3 is 1.77 bits per heavy atom. The molecule has 1 aliphatic heterocycles. The quantitative estimate of drug-likeness (QED) is 0.156. The minimum Gasteiger partial charge on any atom is -0.497 e. The van der Waals surface area contributed by atoms with Crippen molar-refractivity contribution in [1.29, 1.82) is 0 Å². The second-order valence-electron chi connectivity index (χ2n) is 15.2. The molecule has 2 heterocycles. The lowest BCUT2D eigenvalue weighted by molar-refractivity contribution is 0.163. The average Bonchev–Trinajstić information content (AvgIpc) is 3.60. The van der Waals surface area contributed by atoms with Crippen molar-refractivity contribution in [2.75, 3.05) is 7.11 Å². The Kier molecular flexibility index (Phi) is 8.41. The number of fused-ring (bicyclic) bond motifs is 8. The molecule has 0 fully saturated rings.